The average Bonchev–Trinajstić information content (AvgIpc) is 2.19. The normalized spacial score (nSPS) is 10.8. The van der Waals surface area contributed by atoms with Crippen molar-refractivity contribution >= 4 is 22.6 Å². The van der Waals surface area contributed by atoms with Crippen molar-refractivity contribution < 1.29 is 0 Å². The van der Waals surface area contributed by atoms with E-state index in [4.69, 9.17) is 17.3 Å². The van der Waals surface area contributed by atoms with Gasteiger partial charge in [0.05, 0.1) is 16.7 Å². The van der Waals surface area contributed by atoms with Gasteiger partial charge in [-0.2, -0.15) is 0 Å². The van der Waals surface area contributed by atoms with Gasteiger partial charge in [-0.25, -0.2) is 9.97 Å². The Labute approximate surface area is 86.9 Å². The molecule has 0 bridgehead atoms. The van der Waals surface area contributed by atoms with Gasteiger partial charge in [-0.3, -0.25) is 0 Å². The van der Waals surface area contributed by atoms with Crippen molar-refractivity contribution in [2.75, 3.05) is 0 Å². The lowest BCUT2D eigenvalue weighted by molar-refractivity contribution is 1.07. The number of rotatable bonds is 1. The van der Waals surface area contributed by atoms with Crippen molar-refractivity contribution in [1.82, 2.24) is 9.97 Å². The van der Waals surface area contributed by atoms with Crippen molar-refractivity contribution in [2.45, 2.75) is 13.5 Å². The van der Waals surface area contributed by atoms with Crippen LogP contribution < -0.4 is 5.73 Å². The van der Waals surface area contributed by atoms with Crippen LogP contribution in [0, 0.1) is 6.92 Å². The van der Waals surface area contributed by atoms with Gasteiger partial charge in [0.15, 0.2) is 5.15 Å². The summed E-state index contributed by atoms with van der Waals surface area (Å²) >= 11 is 5.86. The molecule has 0 atom stereocenters. The molecule has 3 nitrogen and oxygen atoms in total. The molecule has 0 fully saturated rings. The summed E-state index contributed by atoms with van der Waals surface area (Å²) < 4.78 is 0. The molecule has 0 aliphatic rings. The average molecular weight is 208 g/mol. The molecule has 72 valence electrons. The van der Waals surface area contributed by atoms with Crippen molar-refractivity contribution in [1.29, 1.82) is 0 Å². The Kier molecular flexibility index (Phi) is 2.35. The molecule has 0 aliphatic carbocycles. The first-order valence-electron chi connectivity index (χ1n) is 4.33. The predicted molar refractivity (Wildman–Crippen MR) is 57.2 cm³/mol. The van der Waals surface area contributed by atoms with Crippen LogP contribution in [0.5, 0.6) is 0 Å². The third kappa shape index (κ3) is 1.56. The van der Waals surface area contributed by atoms with Crippen LogP contribution in [0.4, 0.5) is 0 Å². The summed E-state index contributed by atoms with van der Waals surface area (Å²) in [6.07, 6.45) is 0. The van der Waals surface area contributed by atoms with Crippen LogP contribution in [-0.2, 0) is 6.54 Å². The predicted octanol–water partition coefficient (Wildman–Crippen LogP) is 2.05. The van der Waals surface area contributed by atoms with Crippen LogP contribution in [0.15, 0.2) is 18.2 Å². The summed E-state index contributed by atoms with van der Waals surface area (Å²) in [7, 11) is 0. The number of hydrogen-bond donors (Lipinski definition) is 1. The minimum atomic E-state index is 0.456. The highest BCUT2D eigenvalue weighted by Gasteiger charge is 2.02. The summed E-state index contributed by atoms with van der Waals surface area (Å²) in [4.78, 5) is 8.55. The highest BCUT2D eigenvalue weighted by atomic mass is 35.5. The Morgan fingerprint density at radius 1 is 1.29 bits per heavy atom. The molecule has 0 amide bonds. The zero-order valence-electron chi connectivity index (χ0n) is 7.79. The van der Waals surface area contributed by atoms with E-state index in [-0.39, 0.29) is 0 Å². The molecule has 1 heterocycles. The first kappa shape index (κ1) is 9.37. The lowest BCUT2D eigenvalue weighted by Gasteiger charge is -2.02. The van der Waals surface area contributed by atoms with Crippen LogP contribution >= 0.6 is 11.6 Å². The number of nitrogens with zero attached hydrogens (tertiary/aromatic N) is 2. The summed E-state index contributed by atoms with van der Waals surface area (Å²) in [6.45, 7) is 2.35. The van der Waals surface area contributed by atoms with Crippen LogP contribution in [-0.4, -0.2) is 9.97 Å². The number of benzene rings is 1. The van der Waals surface area contributed by atoms with E-state index in [1.165, 1.54) is 0 Å². The Bertz CT molecular complexity index is 482. The maximum absolute atomic E-state index is 5.86. The Morgan fingerprint density at radius 3 is 2.79 bits per heavy atom. The first-order chi connectivity index (χ1) is 6.70. The maximum Gasteiger partial charge on any atom is 0.150 e. The minimum Gasteiger partial charge on any atom is -0.326 e. The van der Waals surface area contributed by atoms with Gasteiger partial charge < -0.3 is 5.73 Å². The number of hydrogen-bond acceptors (Lipinski definition) is 3. The number of fused-ring (bicyclic) bond motifs is 1. The Hall–Kier alpha value is -1.19. The minimum absolute atomic E-state index is 0.456. The highest BCUT2D eigenvalue weighted by molar-refractivity contribution is 6.30. The Balaban J connectivity index is 2.70. The summed E-state index contributed by atoms with van der Waals surface area (Å²) in [5, 5.41) is 0.456. The molecule has 14 heavy (non-hydrogen) atoms. The molecule has 2 aromatic rings. The second kappa shape index (κ2) is 3.52. The van der Waals surface area contributed by atoms with Crippen LogP contribution in [0.3, 0.4) is 0 Å². The topological polar surface area (TPSA) is 51.8 Å². The fourth-order valence-corrected chi connectivity index (χ4v) is 1.43. The molecule has 0 radical (unpaired) electrons. The van der Waals surface area contributed by atoms with Gasteiger partial charge >= 0.3 is 0 Å². The van der Waals surface area contributed by atoms with Crippen LogP contribution in [0.2, 0.25) is 5.15 Å². The van der Waals surface area contributed by atoms with E-state index in [2.05, 4.69) is 9.97 Å². The molecular formula is C10H10ClN3. The molecule has 0 saturated carbocycles. The standard InChI is InChI=1S/C10H10ClN3/c1-6-10(11)14-8-3-2-7(5-12)4-9(8)13-6/h2-4H,5,12H2,1H3. The fourth-order valence-electron chi connectivity index (χ4n) is 1.29. The van der Waals surface area contributed by atoms with Crippen molar-refractivity contribution in [2.24, 2.45) is 5.73 Å². The number of halogens is 1. The fraction of sp³-hybridized carbons (Fsp3) is 0.200. The molecule has 0 saturated heterocycles. The first-order valence-corrected chi connectivity index (χ1v) is 4.71. The third-order valence-electron chi connectivity index (χ3n) is 2.08. The third-order valence-corrected chi connectivity index (χ3v) is 2.44. The zero-order chi connectivity index (χ0) is 10.1. The molecular weight excluding hydrogens is 198 g/mol. The van der Waals surface area contributed by atoms with E-state index < -0.39 is 0 Å². The molecule has 1 aromatic heterocycles. The maximum atomic E-state index is 5.86. The Morgan fingerprint density at radius 2 is 2.07 bits per heavy atom. The molecule has 1 aromatic carbocycles. The summed E-state index contributed by atoms with van der Waals surface area (Å²) in [5.41, 5.74) is 8.97. The quantitative estimate of drug-likeness (QED) is 0.779. The van der Waals surface area contributed by atoms with E-state index in [0.29, 0.717) is 11.7 Å². The zero-order valence-corrected chi connectivity index (χ0v) is 8.54. The van der Waals surface area contributed by atoms with Gasteiger partial charge in [0.2, 0.25) is 0 Å². The van der Waals surface area contributed by atoms with Gasteiger partial charge in [0, 0.05) is 6.54 Å². The molecule has 0 spiro atoms. The highest BCUT2D eigenvalue weighted by Crippen LogP contribution is 2.17. The van der Waals surface area contributed by atoms with E-state index in [1.54, 1.807) is 0 Å². The molecule has 2 rings (SSSR count). The van der Waals surface area contributed by atoms with Gasteiger partial charge in [-0.05, 0) is 24.6 Å². The molecule has 0 unspecified atom stereocenters. The van der Waals surface area contributed by atoms with Crippen LogP contribution in [0.1, 0.15) is 11.3 Å². The lowest BCUT2D eigenvalue weighted by Crippen LogP contribution is -1.97. The molecule has 4 heteroatoms. The largest absolute Gasteiger partial charge is 0.326 e. The van der Waals surface area contributed by atoms with E-state index in [0.717, 1.165) is 22.3 Å². The second-order valence-corrected chi connectivity index (χ2v) is 3.49. The molecule has 2 N–H and O–H groups in total. The van der Waals surface area contributed by atoms with Gasteiger partial charge in [-0.1, -0.05) is 17.7 Å². The monoisotopic (exact) mass is 207 g/mol. The van der Waals surface area contributed by atoms with E-state index in [1.807, 2.05) is 25.1 Å². The van der Waals surface area contributed by atoms with Crippen molar-refractivity contribution in [3.8, 4) is 0 Å². The van der Waals surface area contributed by atoms with E-state index in [9.17, 15) is 0 Å². The molecule has 0 aliphatic heterocycles. The summed E-state index contributed by atoms with van der Waals surface area (Å²) in [6, 6.07) is 5.75. The van der Waals surface area contributed by atoms with Crippen molar-refractivity contribution in [3.05, 3.63) is 34.6 Å². The second-order valence-electron chi connectivity index (χ2n) is 3.13. The van der Waals surface area contributed by atoms with Gasteiger partial charge in [-0.15, -0.1) is 0 Å². The van der Waals surface area contributed by atoms with E-state index >= 15 is 0 Å². The smallest absolute Gasteiger partial charge is 0.150 e. The number of aromatic nitrogens is 2. The van der Waals surface area contributed by atoms with Gasteiger partial charge in [0.1, 0.15) is 0 Å². The van der Waals surface area contributed by atoms with Crippen LogP contribution in [0.25, 0.3) is 11.0 Å². The number of aryl methyl sites for hydroxylation is 1. The number of nitrogens with two attached hydrogens (primary N) is 1. The van der Waals surface area contributed by atoms with Gasteiger partial charge in [0.25, 0.3) is 0 Å². The van der Waals surface area contributed by atoms with Crippen molar-refractivity contribution in [3.63, 3.8) is 0 Å². The summed E-state index contributed by atoms with van der Waals surface area (Å²) in [5.74, 6) is 0. The lowest BCUT2D eigenvalue weighted by atomic mass is 10.2. The SMILES string of the molecule is Cc1nc2cc(CN)ccc2nc1Cl.